The zero-order valence-corrected chi connectivity index (χ0v) is 13.4. The fourth-order valence-corrected chi connectivity index (χ4v) is 2.58. The van der Waals surface area contributed by atoms with Gasteiger partial charge in [0.1, 0.15) is 11.5 Å². The lowest BCUT2D eigenvalue weighted by atomic mass is 10.1. The maximum atomic E-state index is 13.1. The van der Waals surface area contributed by atoms with Gasteiger partial charge in [0.15, 0.2) is 5.16 Å². The maximum Gasteiger partial charge on any atom is 0.270 e. The molecule has 6 heteroatoms. The third-order valence-corrected chi connectivity index (χ3v) is 3.66. The largest absolute Gasteiger partial charge is 0.350 e. The summed E-state index contributed by atoms with van der Waals surface area (Å²) < 4.78 is 13.1. The number of nitrogens with one attached hydrogen (secondary N) is 1. The first-order chi connectivity index (χ1) is 10.6. The van der Waals surface area contributed by atoms with Crippen molar-refractivity contribution < 1.29 is 9.18 Å². The van der Waals surface area contributed by atoms with Crippen LogP contribution in [0.15, 0.2) is 35.5 Å². The minimum Gasteiger partial charge on any atom is -0.350 e. The van der Waals surface area contributed by atoms with Gasteiger partial charge in [-0.25, -0.2) is 14.4 Å². The second kappa shape index (κ2) is 7.89. The van der Waals surface area contributed by atoms with Gasteiger partial charge in [-0.3, -0.25) is 4.79 Å². The van der Waals surface area contributed by atoms with Crippen LogP contribution in [0.4, 0.5) is 4.39 Å². The molecular weight excluding hydrogens is 301 g/mol. The van der Waals surface area contributed by atoms with Crippen LogP contribution in [0.2, 0.25) is 0 Å². The van der Waals surface area contributed by atoms with E-state index in [0.717, 1.165) is 17.0 Å². The van der Waals surface area contributed by atoms with E-state index in [2.05, 4.69) is 15.3 Å². The van der Waals surface area contributed by atoms with Gasteiger partial charge in [0.2, 0.25) is 0 Å². The molecule has 0 aliphatic carbocycles. The van der Waals surface area contributed by atoms with Gasteiger partial charge in [-0.2, -0.15) is 0 Å². The Hall–Kier alpha value is -1.95. The highest BCUT2D eigenvalue weighted by atomic mass is 32.2. The third kappa shape index (κ3) is 4.80. The molecule has 2 aromatic rings. The van der Waals surface area contributed by atoms with E-state index in [-0.39, 0.29) is 11.7 Å². The first kappa shape index (κ1) is 16.4. The molecule has 0 spiro atoms. The van der Waals surface area contributed by atoms with Crippen LogP contribution in [0.3, 0.4) is 0 Å². The molecule has 1 aromatic carbocycles. The topological polar surface area (TPSA) is 54.9 Å². The molecule has 0 aliphatic rings. The van der Waals surface area contributed by atoms with Crippen molar-refractivity contribution in [3.63, 3.8) is 0 Å². The second-order valence-corrected chi connectivity index (χ2v) is 5.98. The van der Waals surface area contributed by atoms with Crippen molar-refractivity contribution in [1.82, 2.24) is 15.3 Å². The van der Waals surface area contributed by atoms with Gasteiger partial charge >= 0.3 is 0 Å². The minimum atomic E-state index is -0.267. The van der Waals surface area contributed by atoms with Crippen LogP contribution in [0, 0.1) is 12.7 Å². The molecule has 1 amide bonds. The summed E-state index contributed by atoms with van der Waals surface area (Å²) in [7, 11) is 0. The molecule has 0 atom stereocenters. The first-order valence-electron chi connectivity index (χ1n) is 7.09. The second-order valence-electron chi connectivity index (χ2n) is 4.75. The van der Waals surface area contributed by atoms with Gasteiger partial charge in [0.25, 0.3) is 5.91 Å². The van der Waals surface area contributed by atoms with Crippen molar-refractivity contribution in [3.05, 3.63) is 53.1 Å². The number of hydrogen-bond donors (Lipinski definition) is 1. The number of benzene rings is 1. The van der Waals surface area contributed by atoms with Crippen molar-refractivity contribution in [2.24, 2.45) is 0 Å². The highest BCUT2D eigenvalue weighted by molar-refractivity contribution is 7.99. The summed E-state index contributed by atoms with van der Waals surface area (Å²) in [6.45, 7) is 4.28. The zero-order valence-electron chi connectivity index (χ0n) is 12.6. The molecule has 1 heterocycles. The molecular formula is C16H18FN3OS. The number of amides is 1. The molecule has 116 valence electrons. The number of carbonyl (C=O) groups excluding carboxylic acids is 1. The number of thioether (sulfide) groups is 1. The van der Waals surface area contributed by atoms with Crippen molar-refractivity contribution in [3.8, 4) is 0 Å². The van der Waals surface area contributed by atoms with Crippen LogP contribution >= 0.6 is 11.8 Å². The molecule has 0 aliphatic heterocycles. The Morgan fingerprint density at radius 3 is 2.86 bits per heavy atom. The standard InChI is InChI=1S/C16H18FN3OS/c1-3-22-16-19-11(2)9-14(20-16)15(21)18-8-7-12-5-4-6-13(17)10-12/h4-6,9-10H,3,7-8H2,1-2H3,(H,18,21). The Labute approximate surface area is 133 Å². The van der Waals surface area contributed by atoms with Crippen LogP contribution in [0.1, 0.15) is 28.7 Å². The molecule has 2 rings (SSSR count). The van der Waals surface area contributed by atoms with Crippen molar-refractivity contribution in [2.75, 3.05) is 12.3 Å². The molecule has 0 bridgehead atoms. The summed E-state index contributed by atoms with van der Waals surface area (Å²) in [6, 6.07) is 8.03. The summed E-state index contributed by atoms with van der Waals surface area (Å²) in [5.74, 6) is 0.348. The predicted octanol–water partition coefficient (Wildman–Crippen LogP) is 3.01. The van der Waals surface area contributed by atoms with E-state index in [1.165, 1.54) is 23.9 Å². The van der Waals surface area contributed by atoms with E-state index in [4.69, 9.17) is 0 Å². The number of aryl methyl sites for hydroxylation is 1. The van der Waals surface area contributed by atoms with Gasteiger partial charge < -0.3 is 5.32 Å². The first-order valence-corrected chi connectivity index (χ1v) is 8.08. The van der Waals surface area contributed by atoms with E-state index < -0.39 is 0 Å². The minimum absolute atomic E-state index is 0.236. The Morgan fingerprint density at radius 2 is 2.14 bits per heavy atom. The molecule has 4 nitrogen and oxygen atoms in total. The van der Waals surface area contributed by atoms with Crippen LogP contribution in [0.5, 0.6) is 0 Å². The average Bonchev–Trinajstić information content (AvgIpc) is 2.47. The Bertz CT molecular complexity index is 664. The summed E-state index contributed by atoms with van der Waals surface area (Å²) in [5.41, 5.74) is 1.98. The summed E-state index contributed by atoms with van der Waals surface area (Å²) in [4.78, 5) is 20.6. The van der Waals surface area contributed by atoms with E-state index in [9.17, 15) is 9.18 Å². The van der Waals surface area contributed by atoms with Crippen LogP contribution < -0.4 is 5.32 Å². The lowest BCUT2D eigenvalue weighted by Gasteiger charge is -2.07. The average molecular weight is 319 g/mol. The lowest BCUT2D eigenvalue weighted by Crippen LogP contribution is -2.27. The predicted molar refractivity (Wildman–Crippen MR) is 85.6 cm³/mol. The molecule has 1 aromatic heterocycles. The number of nitrogens with zero attached hydrogens (tertiary/aromatic N) is 2. The number of rotatable bonds is 6. The van der Waals surface area contributed by atoms with E-state index in [1.807, 2.05) is 19.9 Å². The Balaban J connectivity index is 1.94. The van der Waals surface area contributed by atoms with Crippen molar-refractivity contribution in [2.45, 2.75) is 25.4 Å². The number of aromatic nitrogens is 2. The summed E-state index contributed by atoms with van der Waals surface area (Å²) >= 11 is 1.50. The van der Waals surface area contributed by atoms with Gasteiger partial charge in [0, 0.05) is 12.2 Å². The Morgan fingerprint density at radius 1 is 1.32 bits per heavy atom. The fourth-order valence-electron chi connectivity index (χ4n) is 1.95. The van der Waals surface area contributed by atoms with Crippen molar-refractivity contribution >= 4 is 17.7 Å². The molecule has 0 fully saturated rings. The monoisotopic (exact) mass is 319 g/mol. The molecule has 22 heavy (non-hydrogen) atoms. The number of carbonyl (C=O) groups is 1. The maximum absolute atomic E-state index is 13.1. The van der Waals surface area contributed by atoms with Gasteiger partial charge in [-0.05, 0) is 42.9 Å². The van der Waals surface area contributed by atoms with E-state index >= 15 is 0 Å². The highest BCUT2D eigenvalue weighted by Gasteiger charge is 2.10. The summed E-state index contributed by atoms with van der Waals surface area (Å²) in [6.07, 6.45) is 0.574. The zero-order chi connectivity index (χ0) is 15.9. The molecule has 0 unspecified atom stereocenters. The van der Waals surface area contributed by atoms with Gasteiger partial charge in [-0.1, -0.05) is 30.8 Å². The lowest BCUT2D eigenvalue weighted by molar-refractivity contribution is 0.0948. The normalized spacial score (nSPS) is 10.5. The number of hydrogen-bond acceptors (Lipinski definition) is 4. The molecule has 0 saturated carbocycles. The van der Waals surface area contributed by atoms with E-state index in [1.54, 1.807) is 12.1 Å². The quantitative estimate of drug-likeness (QED) is 0.657. The molecule has 1 N–H and O–H groups in total. The van der Waals surface area contributed by atoms with Crippen LogP contribution in [0.25, 0.3) is 0 Å². The van der Waals surface area contributed by atoms with E-state index in [0.29, 0.717) is 23.8 Å². The van der Waals surface area contributed by atoms with Gasteiger partial charge in [0.05, 0.1) is 0 Å². The van der Waals surface area contributed by atoms with Crippen LogP contribution in [-0.4, -0.2) is 28.2 Å². The van der Waals surface area contributed by atoms with Crippen molar-refractivity contribution in [1.29, 1.82) is 0 Å². The SMILES string of the molecule is CCSc1nc(C)cc(C(=O)NCCc2cccc(F)c2)n1. The molecule has 0 saturated heterocycles. The van der Waals surface area contributed by atoms with Gasteiger partial charge in [-0.15, -0.1) is 0 Å². The molecule has 0 radical (unpaired) electrons. The smallest absolute Gasteiger partial charge is 0.270 e. The summed E-state index contributed by atoms with van der Waals surface area (Å²) in [5, 5.41) is 3.41. The number of halogens is 1. The Kier molecular flexibility index (Phi) is 5.89. The van der Waals surface area contributed by atoms with Crippen LogP contribution in [-0.2, 0) is 6.42 Å². The third-order valence-electron chi connectivity index (χ3n) is 2.93. The fraction of sp³-hybridized carbons (Fsp3) is 0.312. The highest BCUT2D eigenvalue weighted by Crippen LogP contribution is 2.13.